The smallest absolute Gasteiger partial charge is 0.306 e. The van der Waals surface area contributed by atoms with E-state index in [-0.39, 0.29) is 11.9 Å². The van der Waals surface area contributed by atoms with Crippen LogP contribution in [0.25, 0.3) is 0 Å². The number of benzene rings is 1. The zero-order valence-corrected chi connectivity index (χ0v) is 9.56. The minimum Gasteiger partial charge on any atom is -0.466 e. The van der Waals surface area contributed by atoms with Crippen LogP contribution in [-0.4, -0.2) is 12.6 Å². The van der Waals surface area contributed by atoms with E-state index in [1.165, 1.54) is 0 Å². The summed E-state index contributed by atoms with van der Waals surface area (Å²) < 4.78 is 4.89. The monoisotopic (exact) mass is 217 g/mol. The summed E-state index contributed by atoms with van der Waals surface area (Å²) in [5.74, 6) is -0.121. The van der Waals surface area contributed by atoms with Gasteiger partial charge in [-0.15, -0.1) is 0 Å². The van der Waals surface area contributed by atoms with Crippen molar-refractivity contribution in [2.24, 2.45) is 0 Å². The van der Waals surface area contributed by atoms with Crippen molar-refractivity contribution in [3.8, 4) is 6.07 Å². The fraction of sp³-hybridized carbons (Fsp3) is 0.385. The quantitative estimate of drug-likeness (QED) is 0.728. The Kier molecular flexibility index (Phi) is 4.53. The first-order valence-corrected chi connectivity index (χ1v) is 5.33. The molecule has 0 aliphatic carbocycles. The van der Waals surface area contributed by atoms with Crippen molar-refractivity contribution >= 4 is 5.97 Å². The normalized spacial score (nSPS) is 11.6. The van der Waals surface area contributed by atoms with Gasteiger partial charge in [-0.05, 0) is 30.5 Å². The first kappa shape index (κ1) is 12.3. The molecule has 0 aliphatic heterocycles. The highest BCUT2D eigenvalue weighted by Crippen LogP contribution is 2.20. The number of ether oxygens (including phenoxy) is 1. The van der Waals surface area contributed by atoms with Crippen LogP contribution in [0.4, 0.5) is 0 Å². The Morgan fingerprint density at radius 2 is 2.31 bits per heavy atom. The third-order valence-corrected chi connectivity index (χ3v) is 2.36. The first-order valence-electron chi connectivity index (χ1n) is 5.33. The maximum absolute atomic E-state index is 11.3. The highest BCUT2D eigenvalue weighted by molar-refractivity contribution is 5.70. The summed E-state index contributed by atoms with van der Waals surface area (Å²) >= 11 is 0. The molecule has 16 heavy (non-hydrogen) atoms. The van der Waals surface area contributed by atoms with Gasteiger partial charge in [0.25, 0.3) is 0 Å². The number of esters is 1. The van der Waals surface area contributed by atoms with Crippen molar-refractivity contribution in [3.05, 3.63) is 35.4 Å². The van der Waals surface area contributed by atoms with Gasteiger partial charge in [-0.3, -0.25) is 4.79 Å². The Morgan fingerprint density at radius 3 is 2.94 bits per heavy atom. The van der Waals surface area contributed by atoms with Gasteiger partial charge in [0.1, 0.15) is 0 Å². The SMILES string of the molecule is CCOC(=O)CC(C)c1cccc(C#N)c1. The van der Waals surface area contributed by atoms with Crippen LogP contribution in [0.3, 0.4) is 0 Å². The van der Waals surface area contributed by atoms with Crippen molar-refractivity contribution in [1.29, 1.82) is 5.26 Å². The predicted octanol–water partition coefficient (Wildman–Crippen LogP) is 2.61. The Bertz CT molecular complexity index is 407. The minimum absolute atomic E-state index is 0.0762. The van der Waals surface area contributed by atoms with E-state index in [4.69, 9.17) is 10.00 Å². The molecule has 3 nitrogen and oxygen atoms in total. The van der Waals surface area contributed by atoms with E-state index < -0.39 is 0 Å². The molecule has 1 atom stereocenters. The van der Waals surface area contributed by atoms with E-state index in [1.807, 2.05) is 25.1 Å². The van der Waals surface area contributed by atoms with Crippen LogP contribution in [0.1, 0.15) is 37.3 Å². The summed E-state index contributed by atoms with van der Waals surface area (Å²) in [6, 6.07) is 9.39. The Morgan fingerprint density at radius 1 is 1.56 bits per heavy atom. The summed E-state index contributed by atoms with van der Waals surface area (Å²) in [5.41, 5.74) is 1.61. The molecule has 84 valence electrons. The van der Waals surface area contributed by atoms with Gasteiger partial charge in [-0.2, -0.15) is 5.26 Å². The number of carbonyl (C=O) groups is 1. The lowest BCUT2D eigenvalue weighted by Crippen LogP contribution is -2.08. The van der Waals surface area contributed by atoms with E-state index in [1.54, 1.807) is 13.0 Å². The van der Waals surface area contributed by atoms with Gasteiger partial charge in [0, 0.05) is 0 Å². The molecule has 0 spiro atoms. The van der Waals surface area contributed by atoms with E-state index in [0.29, 0.717) is 18.6 Å². The standard InChI is InChI=1S/C13H15NO2/c1-3-16-13(15)7-10(2)12-6-4-5-11(8-12)9-14/h4-6,8,10H,3,7H2,1-2H3. The summed E-state index contributed by atoms with van der Waals surface area (Å²) in [4.78, 5) is 11.3. The molecule has 0 aromatic heterocycles. The molecule has 0 bridgehead atoms. The fourth-order valence-corrected chi connectivity index (χ4v) is 1.50. The maximum Gasteiger partial charge on any atom is 0.306 e. The van der Waals surface area contributed by atoms with Gasteiger partial charge in [0.2, 0.25) is 0 Å². The maximum atomic E-state index is 11.3. The zero-order chi connectivity index (χ0) is 12.0. The van der Waals surface area contributed by atoms with Gasteiger partial charge >= 0.3 is 5.97 Å². The lowest BCUT2D eigenvalue weighted by Gasteiger charge is -2.11. The third kappa shape index (κ3) is 3.39. The van der Waals surface area contributed by atoms with Crippen LogP contribution >= 0.6 is 0 Å². The Labute approximate surface area is 95.7 Å². The van der Waals surface area contributed by atoms with Gasteiger partial charge in [-0.25, -0.2) is 0 Å². The average molecular weight is 217 g/mol. The number of carbonyl (C=O) groups excluding carboxylic acids is 1. The predicted molar refractivity (Wildman–Crippen MR) is 60.8 cm³/mol. The highest BCUT2D eigenvalue weighted by atomic mass is 16.5. The number of hydrogen-bond donors (Lipinski definition) is 0. The van der Waals surface area contributed by atoms with Crippen molar-refractivity contribution in [3.63, 3.8) is 0 Å². The minimum atomic E-state index is -0.197. The van der Waals surface area contributed by atoms with Crippen LogP contribution in [0.5, 0.6) is 0 Å². The highest BCUT2D eigenvalue weighted by Gasteiger charge is 2.12. The van der Waals surface area contributed by atoms with E-state index in [2.05, 4.69) is 6.07 Å². The topological polar surface area (TPSA) is 50.1 Å². The molecular formula is C13H15NO2. The number of rotatable bonds is 4. The Balaban J connectivity index is 2.69. The van der Waals surface area contributed by atoms with Crippen LogP contribution in [-0.2, 0) is 9.53 Å². The summed E-state index contributed by atoms with van der Waals surface area (Å²) in [5, 5.41) is 8.77. The summed E-state index contributed by atoms with van der Waals surface area (Å²) in [7, 11) is 0. The van der Waals surface area contributed by atoms with Gasteiger partial charge in [0.05, 0.1) is 24.7 Å². The molecule has 0 saturated carbocycles. The van der Waals surface area contributed by atoms with E-state index in [9.17, 15) is 4.79 Å². The molecule has 0 amide bonds. The van der Waals surface area contributed by atoms with Crippen molar-refractivity contribution < 1.29 is 9.53 Å². The molecular weight excluding hydrogens is 202 g/mol. The number of nitrogens with zero attached hydrogens (tertiary/aromatic N) is 1. The lowest BCUT2D eigenvalue weighted by atomic mass is 9.96. The largest absolute Gasteiger partial charge is 0.466 e. The fourth-order valence-electron chi connectivity index (χ4n) is 1.50. The van der Waals surface area contributed by atoms with E-state index >= 15 is 0 Å². The molecule has 0 heterocycles. The lowest BCUT2D eigenvalue weighted by molar-refractivity contribution is -0.143. The molecule has 3 heteroatoms. The van der Waals surface area contributed by atoms with Crippen LogP contribution < -0.4 is 0 Å². The molecule has 1 rings (SSSR count). The molecule has 1 aromatic rings. The second-order valence-electron chi connectivity index (χ2n) is 3.65. The Hall–Kier alpha value is -1.82. The van der Waals surface area contributed by atoms with E-state index in [0.717, 1.165) is 5.56 Å². The second-order valence-corrected chi connectivity index (χ2v) is 3.65. The average Bonchev–Trinajstić information content (AvgIpc) is 2.29. The zero-order valence-electron chi connectivity index (χ0n) is 9.56. The van der Waals surface area contributed by atoms with Gasteiger partial charge in [0.15, 0.2) is 0 Å². The molecule has 0 radical (unpaired) electrons. The van der Waals surface area contributed by atoms with Crippen molar-refractivity contribution in [1.82, 2.24) is 0 Å². The molecule has 0 fully saturated rings. The molecule has 0 N–H and O–H groups in total. The van der Waals surface area contributed by atoms with Crippen LogP contribution in [0.15, 0.2) is 24.3 Å². The summed E-state index contributed by atoms with van der Waals surface area (Å²) in [6.07, 6.45) is 0.350. The third-order valence-electron chi connectivity index (χ3n) is 2.36. The first-order chi connectivity index (χ1) is 7.67. The summed E-state index contributed by atoms with van der Waals surface area (Å²) in [6.45, 7) is 4.15. The molecule has 0 aliphatic rings. The number of hydrogen-bond acceptors (Lipinski definition) is 3. The van der Waals surface area contributed by atoms with Crippen molar-refractivity contribution in [2.45, 2.75) is 26.2 Å². The van der Waals surface area contributed by atoms with Crippen LogP contribution in [0, 0.1) is 11.3 Å². The van der Waals surface area contributed by atoms with Gasteiger partial charge in [-0.1, -0.05) is 19.1 Å². The second kappa shape index (κ2) is 5.92. The van der Waals surface area contributed by atoms with Gasteiger partial charge < -0.3 is 4.74 Å². The molecule has 1 aromatic carbocycles. The van der Waals surface area contributed by atoms with Crippen molar-refractivity contribution in [2.75, 3.05) is 6.61 Å². The number of nitriles is 1. The molecule has 1 unspecified atom stereocenters. The molecule has 0 saturated heterocycles. The van der Waals surface area contributed by atoms with Crippen LogP contribution in [0.2, 0.25) is 0 Å².